The molecule has 9 heteroatoms. The molecule has 1 aromatic heterocycles. The molecule has 1 aliphatic rings. The van der Waals surface area contributed by atoms with Crippen LogP contribution in [-0.2, 0) is 32.0 Å². The third kappa shape index (κ3) is 8.07. The first-order valence-electron chi connectivity index (χ1n) is 14.0. The molecule has 1 N–H and O–H groups in total. The van der Waals surface area contributed by atoms with E-state index in [1.54, 1.807) is 13.0 Å². The maximum absolute atomic E-state index is 13.0. The summed E-state index contributed by atoms with van der Waals surface area (Å²) in [5.74, 6) is -0.475. The second kappa shape index (κ2) is 14.8. The van der Waals surface area contributed by atoms with Crippen molar-refractivity contribution in [2.45, 2.75) is 63.8 Å². The van der Waals surface area contributed by atoms with E-state index in [2.05, 4.69) is 28.9 Å². The summed E-state index contributed by atoms with van der Waals surface area (Å²) < 4.78 is 23.1. The van der Waals surface area contributed by atoms with Crippen LogP contribution in [0.2, 0.25) is 0 Å². The van der Waals surface area contributed by atoms with Crippen LogP contribution < -0.4 is 0 Å². The lowest BCUT2D eigenvalue weighted by atomic mass is 9.98. The number of imide groups is 1. The van der Waals surface area contributed by atoms with Gasteiger partial charge in [-0.1, -0.05) is 89.9 Å². The number of carbonyl (C=O) groups excluding carboxylic acids is 2. The summed E-state index contributed by atoms with van der Waals surface area (Å²) in [5.41, 5.74) is 4.06. The van der Waals surface area contributed by atoms with Crippen molar-refractivity contribution in [1.82, 2.24) is 4.90 Å². The molecule has 220 valence electrons. The van der Waals surface area contributed by atoms with E-state index < -0.39 is 29.0 Å². The largest absolute Gasteiger partial charge is 0.463 e. The molecule has 2 amide bonds. The molecule has 4 rings (SSSR count). The van der Waals surface area contributed by atoms with Gasteiger partial charge in [0.25, 0.3) is 0 Å². The fraction of sp³-hybridized carbons (Fsp3) is 0.438. The van der Waals surface area contributed by atoms with Crippen molar-refractivity contribution in [2.75, 3.05) is 19.8 Å². The zero-order valence-corrected chi connectivity index (χ0v) is 25.3. The van der Waals surface area contributed by atoms with Crippen LogP contribution in [0.3, 0.4) is 0 Å². The van der Waals surface area contributed by atoms with Crippen molar-refractivity contribution in [3.05, 3.63) is 83.3 Å². The number of furan rings is 1. The van der Waals surface area contributed by atoms with Crippen molar-refractivity contribution in [1.29, 1.82) is 0 Å². The number of aliphatic hydroxyl groups excluding tert-OH is 1. The number of aryl methyl sites for hydroxylation is 2. The normalized spacial score (nSPS) is 17.3. The number of nitrogens with zero attached hydrogens (tertiary/aromatic N) is 1. The minimum Gasteiger partial charge on any atom is -0.463 e. The molecule has 1 saturated heterocycles. The van der Waals surface area contributed by atoms with Gasteiger partial charge < -0.3 is 23.7 Å². The molecule has 0 bridgehead atoms. The second-order valence-electron chi connectivity index (χ2n) is 10.3. The standard InChI is InChI=1S/C32H38BrNO7/c1-4-25(39-18-23-11-6-5-7-12-23)19-38-15-9-14-27-26(24-13-8-10-21(2)16-24)17-28(41-27)30(35)22(3)31(36)34-29(33)20-40-32(34)37/h5-8,10-13,16-17,22,25,29-30,35H,4,9,14-15,18-20H2,1-3H3/t22-,25+,29+,30-/m0/s1. The second-order valence-corrected chi connectivity index (χ2v) is 11.4. The Balaban J connectivity index is 1.39. The Labute approximate surface area is 249 Å². The number of aliphatic hydroxyl groups is 1. The molecule has 0 unspecified atom stereocenters. The molecular formula is C32H38BrNO7. The van der Waals surface area contributed by atoms with Crippen LogP contribution in [0.25, 0.3) is 11.1 Å². The van der Waals surface area contributed by atoms with Crippen LogP contribution >= 0.6 is 15.9 Å². The minimum absolute atomic E-state index is 0.00875. The lowest BCUT2D eigenvalue weighted by Crippen LogP contribution is -2.41. The van der Waals surface area contributed by atoms with Gasteiger partial charge in [-0.2, -0.15) is 0 Å². The highest BCUT2D eigenvalue weighted by atomic mass is 79.9. The monoisotopic (exact) mass is 627 g/mol. The van der Waals surface area contributed by atoms with Gasteiger partial charge in [-0.05, 0) is 37.0 Å². The van der Waals surface area contributed by atoms with E-state index in [9.17, 15) is 14.7 Å². The maximum atomic E-state index is 13.0. The molecule has 2 heterocycles. The van der Waals surface area contributed by atoms with Crippen LogP contribution in [0, 0.1) is 12.8 Å². The number of ether oxygens (including phenoxy) is 3. The van der Waals surface area contributed by atoms with Crippen LogP contribution in [0.4, 0.5) is 4.79 Å². The van der Waals surface area contributed by atoms with Crippen molar-refractivity contribution < 1.29 is 33.3 Å². The van der Waals surface area contributed by atoms with Crippen LogP contribution in [0.1, 0.15) is 55.4 Å². The van der Waals surface area contributed by atoms with Gasteiger partial charge in [0.1, 0.15) is 29.2 Å². The molecule has 1 fully saturated rings. The number of rotatable bonds is 14. The third-order valence-corrected chi connectivity index (χ3v) is 7.82. The van der Waals surface area contributed by atoms with E-state index in [1.165, 1.54) is 0 Å². The quantitative estimate of drug-likeness (QED) is 0.123. The molecule has 8 nitrogen and oxygen atoms in total. The van der Waals surface area contributed by atoms with Gasteiger partial charge in [0.2, 0.25) is 5.91 Å². The van der Waals surface area contributed by atoms with E-state index in [1.807, 2.05) is 55.5 Å². The summed E-state index contributed by atoms with van der Waals surface area (Å²) in [4.78, 5) is 25.5. The summed E-state index contributed by atoms with van der Waals surface area (Å²) >= 11 is 3.28. The molecule has 0 radical (unpaired) electrons. The van der Waals surface area contributed by atoms with E-state index in [-0.39, 0.29) is 18.5 Å². The van der Waals surface area contributed by atoms with Gasteiger partial charge in [-0.3, -0.25) is 4.79 Å². The number of amides is 2. The number of cyclic esters (lactones) is 1. The van der Waals surface area contributed by atoms with Gasteiger partial charge in [-0.25, -0.2) is 9.69 Å². The number of carbonyl (C=O) groups is 2. The number of hydrogen-bond donors (Lipinski definition) is 1. The van der Waals surface area contributed by atoms with Crippen LogP contribution in [0.5, 0.6) is 0 Å². The Hall–Kier alpha value is -2.98. The first-order chi connectivity index (χ1) is 19.8. The van der Waals surface area contributed by atoms with Gasteiger partial charge in [0.15, 0.2) is 0 Å². The summed E-state index contributed by atoms with van der Waals surface area (Å²) in [5, 5.41) is 11.1. The topological polar surface area (TPSA) is 98.4 Å². The van der Waals surface area contributed by atoms with Crippen molar-refractivity contribution in [2.24, 2.45) is 5.92 Å². The Kier molecular flexibility index (Phi) is 11.2. The van der Waals surface area contributed by atoms with Crippen LogP contribution in [-0.4, -0.2) is 52.9 Å². The predicted octanol–water partition coefficient (Wildman–Crippen LogP) is 6.57. The smallest absolute Gasteiger partial charge is 0.417 e. The summed E-state index contributed by atoms with van der Waals surface area (Å²) in [6.07, 6.45) is 0.183. The van der Waals surface area contributed by atoms with Gasteiger partial charge in [0.05, 0.1) is 25.2 Å². The molecule has 0 spiro atoms. The average molecular weight is 629 g/mol. The fourth-order valence-corrected chi connectivity index (χ4v) is 5.19. The summed E-state index contributed by atoms with van der Waals surface area (Å²) in [6, 6.07) is 19.9. The van der Waals surface area contributed by atoms with E-state index >= 15 is 0 Å². The Bertz CT molecular complexity index is 1290. The zero-order valence-electron chi connectivity index (χ0n) is 23.8. The maximum Gasteiger partial charge on any atom is 0.417 e. The average Bonchev–Trinajstić information content (AvgIpc) is 3.56. The van der Waals surface area contributed by atoms with Crippen molar-refractivity contribution in [3.8, 4) is 11.1 Å². The fourth-order valence-electron chi connectivity index (χ4n) is 4.69. The predicted molar refractivity (Wildman–Crippen MR) is 158 cm³/mol. The van der Waals surface area contributed by atoms with E-state index in [0.29, 0.717) is 38.4 Å². The highest BCUT2D eigenvalue weighted by molar-refractivity contribution is 9.09. The number of halogens is 1. The lowest BCUT2D eigenvalue weighted by molar-refractivity contribution is -0.135. The molecule has 0 saturated carbocycles. The highest BCUT2D eigenvalue weighted by Crippen LogP contribution is 2.35. The summed E-state index contributed by atoms with van der Waals surface area (Å²) in [7, 11) is 0. The molecule has 2 aromatic carbocycles. The van der Waals surface area contributed by atoms with Gasteiger partial charge in [-0.15, -0.1) is 0 Å². The SMILES string of the molecule is CC[C@H](COCCCc1oc([C@@H](O)[C@H](C)C(=O)N2C(=O)OC[C@@H]2Br)cc1-c1cccc(C)c1)OCc1ccccc1. The van der Waals surface area contributed by atoms with Crippen molar-refractivity contribution in [3.63, 3.8) is 0 Å². The third-order valence-electron chi connectivity index (χ3n) is 7.15. The van der Waals surface area contributed by atoms with Gasteiger partial charge in [0, 0.05) is 18.6 Å². The Morgan fingerprint density at radius 3 is 2.63 bits per heavy atom. The summed E-state index contributed by atoms with van der Waals surface area (Å²) in [6.45, 7) is 7.32. The molecule has 0 aliphatic carbocycles. The lowest BCUT2D eigenvalue weighted by Gasteiger charge is -2.22. The molecule has 4 atom stereocenters. The van der Waals surface area contributed by atoms with E-state index in [0.717, 1.165) is 33.6 Å². The van der Waals surface area contributed by atoms with Crippen LogP contribution in [0.15, 0.2) is 65.1 Å². The van der Waals surface area contributed by atoms with E-state index in [4.69, 9.17) is 18.6 Å². The van der Waals surface area contributed by atoms with Gasteiger partial charge >= 0.3 is 6.09 Å². The Morgan fingerprint density at radius 2 is 1.95 bits per heavy atom. The van der Waals surface area contributed by atoms with Crippen molar-refractivity contribution >= 4 is 27.9 Å². The zero-order chi connectivity index (χ0) is 29.4. The number of benzene rings is 2. The highest BCUT2D eigenvalue weighted by Gasteiger charge is 2.41. The Morgan fingerprint density at radius 1 is 1.17 bits per heavy atom. The molecule has 1 aliphatic heterocycles. The first-order valence-corrected chi connectivity index (χ1v) is 14.9. The molecular weight excluding hydrogens is 590 g/mol. The molecule has 41 heavy (non-hydrogen) atoms. The molecule has 3 aromatic rings. The number of hydrogen-bond acceptors (Lipinski definition) is 7. The first kappa shape index (κ1) is 31.0. The minimum atomic E-state index is -1.24. The number of alkyl halides is 1.